The molecule has 1 saturated heterocycles. The molecule has 0 radical (unpaired) electrons. The molecular weight excluding hydrogens is 346 g/mol. The van der Waals surface area contributed by atoms with Gasteiger partial charge in [-0.05, 0) is 49.4 Å². The topological polar surface area (TPSA) is 53.5 Å². The second kappa shape index (κ2) is 6.88. The SMILES string of the molecule is CC(=O)c1ccc(N2CCN(C(=O)c3ccc4ncsc4c3)CC2)cc1. The molecule has 1 fully saturated rings. The fourth-order valence-electron chi connectivity index (χ4n) is 3.25. The van der Waals surface area contributed by atoms with Gasteiger partial charge in [0.05, 0.1) is 15.7 Å². The van der Waals surface area contributed by atoms with Gasteiger partial charge in [0.1, 0.15) is 0 Å². The van der Waals surface area contributed by atoms with Crippen LogP contribution in [0.15, 0.2) is 48.0 Å². The smallest absolute Gasteiger partial charge is 0.254 e. The van der Waals surface area contributed by atoms with Crippen LogP contribution in [-0.4, -0.2) is 47.8 Å². The quantitative estimate of drug-likeness (QED) is 0.667. The molecule has 1 aliphatic heterocycles. The standard InChI is InChI=1S/C20H19N3O2S/c1-14(24)15-2-5-17(6-3-15)22-8-10-23(11-9-22)20(25)16-4-7-18-19(12-16)26-13-21-18/h2-7,12-13H,8-11H2,1H3. The molecule has 4 rings (SSSR count). The molecule has 1 amide bonds. The van der Waals surface area contributed by atoms with Crippen LogP contribution in [-0.2, 0) is 0 Å². The third-order valence-electron chi connectivity index (χ3n) is 4.78. The Morgan fingerprint density at radius 1 is 0.962 bits per heavy atom. The molecule has 26 heavy (non-hydrogen) atoms. The largest absolute Gasteiger partial charge is 0.368 e. The Labute approximate surface area is 155 Å². The highest BCUT2D eigenvalue weighted by Gasteiger charge is 2.22. The van der Waals surface area contributed by atoms with Gasteiger partial charge in [-0.1, -0.05) is 0 Å². The van der Waals surface area contributed by atoms with Crippen molar-refractivity contribution >= 4 is 38.9 Å². The van der Waals surface area contributed by atoms with Gasteiger partial charge < -0.3 is 9.80 Å². The van der Waals surface area contributed by atoms with Crippen molar-refractivity contribution in [3.05, 3.63) is 59.1 Å². The Kier molecular flexibility index (Phi) is 4.42. The molecule has 0 saturated carbocycles. The van der Waals surface area contributed by atoms with E-state index >= 15 is 0 Å². The van der Waals surface area contributed by atoms with Crippen LogP contribution in [0.2, 0.25) is 0 Å². The van der Waals surface area contributed by atoms with Gasteiger partial charge in [0, 0.05) is 43.0 Å². The van der Waals surface area contributed by atoms with Crippen molar-refractivity contribution in [3.8, 4) is 0 Å². The number of nitrogens with zero attached hydrogens (tertiary/aromatic N) is 3. The minimum Gasteiger partial charge on any atom is -0.368 e. The van der Waals surface area contributed by atoms with Crippen molar-refractivity contribution in [2.75, 3.05) is 31.1 Å². The second-order valence-corrected chi connectivity index (χ2v) is 7.30. The van der Waals surface area contributed by atoms with Crippen LogP contribution >= 0.6 is 11.3 Å². The van der Waals surface area contributed by atoms with Gasteiger partial charge in [0.25, 0.3) is 5.91 Å². The Morgan fingerprint density at radius 2 is 1.65 bits per heavy atom. The van der Waals surface area contributed by atoms with Gasteiger partial charge in [-0.3, -0.25) is 9.59 Å². The molecule has 0 spiro atoms. The van der Waals surface area contributed by atoms with E-state index in [2.05, 4.69) is 9.88 Å². The van der Waals surface area contributed by atoms with E-state index in [1.165, 1.54) is 0 Å². The minimum absolute atomic E-state index is 0.0740. The van der Waals surface area contributed by atoms with Gasteiger partial charge in [0.2, 0.25) is 0 Å². The summed E-state index contributed by atoms with van der Waals surface area (Å²) in [5.74, 6) is 0.150. The Morgan fingerprint density at radius 3 is 2.35 bits per heavy atom. The van der Waals surface area contributed by atoms with Gasteiger partial charge in [-0.15, -0.1) is 11.3 Å². The molecule has 0 unspecified atom stereocenters. The van der Waals surface area contributed by atoms with Crippen molar-refractivity contribution in [2.24, 2.45) is 0 Å². The molecule has 1 aliphatic rings. The summed E-state index contributed by atoms with van der Waals surface area (Å²) >= 11 is 1.55. The highest BCUT2D eigenvalue weighted by Crippen LogP contribution is 2.22. The Balaban J connectivity index is 1.42. The highest BCUT2D eigenvalue weighted by atomic mass is 32.1. The maximum absolute atomic E-state index is 12.8. The first-order valence-electron chi connectivity index (χ1n) is 8.60. The first-order chi connectivity index (χ1) is 12.6. The zero-order valence-corrected chi connectivity index (χ0v) is 15.3. The minimum atomic E-state index is 0.0740. The lowest BCUT2D eigenvalue weighted by molar-refractivity contribution is 0.0746. The van der Waals surface area contributed by atoms with Crippen molar-refractivity contribution in [2.45, 2.75) is 6.92 Å². The van der Waals surface area contributed by atoms with E-state index in [0.29, 0.717) is 13.1 Å². The predicted octanol–water partition coefficient (Wildman–Crippen LogP) is 3.46. The zero-order chi connectivity index (χ0) is 18.1. The monoisotopic (exact) mass is 365 g/mol. The summed E-state index contributed by atoms with van der Waals surface area (Å²) < 4.78 is 1.04. The average molecular weight is 365 g/mol. The van der Waals surface area contributed by atoms with Crippen LogP contribution in [0.4, 0.5) is 5.69 Å². The Hall–Kier alpha value is -2.73. The van der Waals surface area contributed by atoms with Crippen LogP contribution in [0.3, 0.4) is 0 Å². The fourth-order valence-corrected chi connectivity index (χ4v) is 3.96. The second-order valence-electron chi connectivity index (χ2n) is 6.42. The van der Waals surface area contributed by atoms with Crippen molar-refractivity contribution in [3.63, 3.8) is 0 Å². The molecule has 0 aliphatic carbocycles. The number of fused-ring (bicyclic) bond motifs is 1. The third-order valence-corrected chi connectivity index (χ3v) is 5.58. The maximum atomic E-state index is 12.8. The normalized spacial score (nSPS) is 14.7. The summed E-state index contributed by atoms with van der Waals surface area (Å²) in [6.45, 7) is 4.52. The first-order valence-corrected chi connectivity index (χ1v) is 9.48. The molecule has 3 aromatic rings. The number of thiazole rings is 1. The number of amides is 1. The maximum Gasteiger partial charge on any atom is 0.254 e. The van der Waals surface area contributed by atoms with E-state index in [4.69, 9.17) is 0 Å². The molecule has 0 bridgehead atoms. The number of rotatable bonds is 3. The number of carbonyl (C=O) groups excluding carboxylic acids is 2. The van der Waals surface area contributed by atoms with Crippen LogP contribution in [0, 0.1) is 0 Å². The number of hydrogen-bond acceptors (Lipinski definition) is 5. The number of ketones is 1. The zero-order valence-electron chi connectivity index (χ0n) is 14.5. The van der Waals surface area contributed by atoms with E-state index in [-0.39, 0.29) is 11.7 Å². The van der Waals surface area contributed by atoms with Crippen LogP contribution in [0.5, 0.6) is 0 Å². The lowest BCUT2D eigenvalue weighted by atomic mass is 10.1. The molecule has 0 atom stereocenters. The molecular formula is C20H19N3O2S. The predicted molar refractivity (Wildman–Crippen MR) is 104 cm³/mol. The van der Waals surface area contributed by atoms with E-state index in [1.54, 1.807) is 23.8 Å². The summed E-state index contributed by atoms with van der Waals surface area (Å²) in [5.41, 5.74) is 5.27. The van der Waals surface area contributed by atoms with Crippen molar-refractivity contribution in [1.29, 1.82) is 0 Å². The van der Waals surface area contributed by atoms with Gasteiger partial charge >= 0.3 is 0 Å². The van der Waals surface area contributed by atoms with Gasteiger partial charge in [-0.2, -0.15) is 0 Å². The van der Waals surface area contributed by atoms with E-state index in [0.717, 1.165) is 40.1 Å². The average Bonchev–Trinajstić information content (AvgIpc) is 3.15. The third kappa shape index (κ3) is 3.20. The summed E-state index contributed by atoms with van der Waals surface area (Å²) in [6, 6.07) is 13.4. The lowest BCUT2D eigenvalue weighted by Gasteiger charge is -2.36. The van der Waals surface area contributed by atoms with Gasteiger partial charge in [0.15, 0.2) is 5.78 Å². The molecule has 2 aromatic carbocycles. The molecule has 2 heterocycles. The van der Waals surface area contributed by atoms with Crippen LogP contribution in [0.25, 0.3) is 10.2 Å². The fraction of sp³-hybridized carbons (Fsp3) is 0.250. The van der Waals surface area contributed by atoms with Gasteiger partial charge in [-0.25, -0.2) is 4.98 Å². The molecule has 5 nitrogen and oxygen atoms in total. The molecule has 132 valence electrons. The van der Waals surface area contributed by atoms with Crippen molar-refractivity contribution in [1.82, 2.24) is 9.88 Å². The van der Waals surface area contributed by atoms with E-state index < -0.39 is 0 Å². The van der Waals surface area contributed by atoms with E-state index in [1.807, 2.05) is 47.4 Å². The number of aromatic nitrogens is 1. The van der Waals surface area contributed by atoms with Crippen LogP contribution in [0.1, 0.15) is 27.6 Å². The number of Topliss-reactive ketones (excluding diaryl/α,β-unsaturated/α-hetero) is 1. The number of benzene rings is 2. The highest BCUT2D eigenvalue weighted by molar-refractivity contribution is 7.16. The number of piperazine rings is 1. The molecule has 1 aromatic heterocycles. The lowest BCUT2D eigenvalue weighted by Crippen LogP contribution is -2.48. The molecule has 6 heteroatoms. The van der Waals surface area contributed by atoms with Crippen LogP contribution < -0.4 is 4.90 Å². The summed E-state index contributed by atoms with van der Waals surface area (Å²) in [4.78, 5) is 32.6. The Bertz CT molecular complexity index is 957. The summed E-state index contributed by atoms with van der Waals surface area (Å²) in [6.07, 6.45) is 0. The number of hydrogen-bond donors (Lipinski definition) is 0. The first kappa shape index (κ1) is 16.7. The summed E-state index contributed by atoms with van der Waals surface area (Å²) in [5, 5.41) is 0. The van der Waals surface area contributed by atoms with E-state index in [9.17, 15) is 9.59 Å². The molecule has 0 N–H and O–H groups in total. The number of anilines is 1. The summed E-state index contributed by atoms with van der Waals surface area (Å²) in [7, 11) is 0. The van der Waals surface area contributed by atoms with Crippen molar-refractivity contribution < 1.29 is 9.59 Å². The number of carbonyl (C=O) groups is 2.